The van der Waals surface area contributed by atoms with Crippen LogP contribution in [0.3, 0.4) is 0 Å². The number of methoxy groups -OCH3 is 2. The third-order valence-electron chi connectivity index (χ3n) is 5.45. The van der Waals surface area contributed by atoms with Gasteiger partial charge in [0.25, 0.3) is 0 Å². The number of aromatic nitrogens is 1. The van der Waals surface area contributed by atoms with Crippen molar-refractivity contribution in [3.8, 4) is 22.8 Å². The molecule has 0 bridgehead atoms. The normalized spacial score (nSPS) is 14.8. The summed E-state index contributed by atoms with van der Waals surface area (Å²) in [6, 6.07) is 10.4. The van der Waals surface area contributed by atoms with Crippen LogP contribution >= 0.6 is 39.9 Å². The summed E-state index contributed by atoms with van der Waals surface area (Å²) in [5.41, 5.74) is 2.44. The van der Waals surface area contributed by atoms with Gasteiger partial charge in [-0.15, -0.1) is 28.3 Å². The van der Waals surface area contributed by atoms with E-state index in [0.717, 1.165) is 28.9 Å². The highest BCUT2D eigenvalue weighted by Gasteiger charge is 2.27. The lowest BCUT2D eigenvalue weighted by Gasteiger charge is -2.15. The van der Waals surface area contributed by atoms with Crippen molar-refractivity contribution in [2.45, 2.75) is 17.7 Å². The number of thiazole rings is 1. The van der Waals surface area contributed by atoms with Gasteiger partial charge in [0.2, 0.25) is 10.0 Å². The third-order valence-corrected chi connectivity index (χ3v) is 8.57. The van der Waals surface area contributed by atoms with Crippen molar-refractivity contribution in [3.05, 3.63) is 51.6 Å². The summed E-state index contributed by atoms with van der Waals surface area (Å²) in [6.07, 6.45) is 1.83. The molecule has 0 amide bonds. The molecule has 4 rings (SSSR count). The largest absolute Gasteiger partial charge is 0.495 e. The fourth-order valence-electron chi connectivity index (χ4n) is 3.64. The van der Waals surface area contributed by atoms with Gasteiger partial charge >= 0.3 is 0 Å². The van der Waals surface area contributed by atoms with E-state index < -0.39 is 10.0 Å². The van der Waals surface area contributed by atoms with E-state index in [4.69, 9.17) is 26.1 Å². The molecule has 7 nitrogen and oxygen atoms in total. The van der Waals surface area contributed by atoms with E-state index in [1.807, 2.05) is 29.1 Å². The summed E-state index contributed by atoms with van der Waals surface area (Å²) in [7, 11) is 1.60. The quantitative estimate of drug-likeness (QED) is 0.415. The second kappa shape index (κ2) is 10.6. The smallest absolute Gasteiger partial charge is 0.243 e. The van der Waals surface area contributed by atoms with Gasteiger partial charge in [-0.2, -0.15) is 4.31 Å². The number of benzene rings is 2. The predicted octanol–water partition coefficient (Wildman–Crippen LogP) is 5.02. The first-order valence-corrected chi connectivity index (χ1v) is 12.8. The lowest BCUT2D eigenvalue weighted by Crippen LogP contribution is -2.27. The Morgan fingerprint density at radius 1 is 1.03 bits per heavy atom. The zero-order chi connectivity index (χ0) is 22.9. The Labute approximate surface area is 213 Å². The van der Waals surface area contributed by atoms with Crippen molar-refractivity contribution in [3.63, 3.8) is 0 Å². The average molecular weight is 575 g/mol. The molecule has 11 heteroatoms. The Balaban J connectivity index is 0.00000306. The minimum absolute atomic E-state index is 0. The minimum Gasteiger partial charge on any atom is -0.495 e. The first-order chi connectivity index (χ1) is 15.3. The molecule has 1 aliphatic heterocycles. The minimum atomic E-state index is -3.43. The summed E-state index contributed by atoms with van der Waals surface area (Å²) < 4.78 is 39.8. The van der Waals surface area contributed by atoms with Crippen LogP contribution in [0.2, 0.25) is 5.02 Å². The van der Waals surface area contributed by atoms with E-state index in [9.17, 15) is 8.42 Å². The van der Waals surface area contributed by atoms with Gasteiger partial charge in [0.1, 0.15) is 17.2 Å². The number of hydrogen-bond donors (Lipinski definition) is 0. The van der Waals surface area contributed by atoms with Crippen molar-refractivity contribution in [2.24, 2.45) is 12.0 Å². The molecule has 3 aromatic rings. The second-order valence-electron chi connectivity index (χ2n) is 7.37. The molecule has 0 unspecified atom stereocenters. The molecule has 2 aromatic carbocycles. The first kappa shape index (κ1) is 25.8. The number of halogens is 2. The highest BCUT2D eigenvalue weighted by atomic mass is 79.9. The summed E-state index contributed by atoms with van der Waals surface area (Å²) in [4.78, 5) is 5.80. The molecule has 0 N–H and O–H groups in total. The van der Waals surface area contributed by atoms with Gasteiger partial charge in [-0.25, -0.2) is 13.4 Å². The van der Waals surface area contributed by atoms with E-state index in [1.54, 1.807) is 42.8 Å². The maximum absolute atomic E-state index is 12.8. The van der Waals surface area contributed by atoms with Crippen molar-refractivity contribution in [1.82, 2.24) is 8.87 Å². The predicted molar refractivity (Wildman–Crippen MR) is 137 cm³/mol. The lowest BCUT2D eigenvalue weighted by atomic mass is 10.2. The van der Waals surface area contributed by atoms with E-state index in [0.29, 0.717) is 40.2 Å². The Hall–Kier alpha value is -1.85. The second-order valence-corrected chi connectivity index (χ2v) is 10.6. The molecule has 1 aliphatic rings. The van der Waals surface area contributed by atoms with Crippen molar-refractivity contribution < 1.29 is 17.9 Å². The van der Waals surface area contributed by atoms with Gasteiger partial charge in [-0.05, 0) is 30.5 Å². The van der Waals surface area contributed by atoms with Crippen LogP contribution in [0.5, 0.6) is 11.5 Å². The maximum atomic E-state index is 12.8. The monoisotopic (exact) mass is 573 g/mol. The van der Waals surface area contributed by atoms with Crippen LogP contribution in [0.15, 0.2) is 51.7 Å². The zero-order valence-electron chi connectivity index (χ0n) is 18.4. The molecule has 178 valence electrons. The molecule has 0 spiro atoms. The Bertz CT molecular complexity index is 1300. The van der Waals surface area contributed by atoms with Crippen LogP contribution in [0.25, 0.3) is 11.3 Å². The number of rotatable bonds is 6. The van der Waals surface area contributed by atoms with E-state index >= 15 is 0 Å². The molecule has 1 saturated heterocycles. The topological polar surface area (TPSA) is 73.1 Å². The molecule has 0 saturated carbocycles. The Morgan fingerprint density at radius 3 is 2.27 bits per heavy atom. The third kappa shape index (κ3) is 5.14. The molecule has 1 aromatic heterocycles. The van der Waals surface area contributed by atoms with Gasteiger partial charge in [-0.3, -0.25) is 0 Å². The summed E-state index contributed by atoms with van der Waals surface area (Å²) >= 11 is 7.66. The van der Waals surface area contributed by atoms with Gasteiger partial charge in [0.05, 0.1) is 29.8 Å². The van der Waals surface area contributed by atoms with Gasteiger partial charge in [0, 0.05) is 37.6 Å². The maximum Gasteiger partial charge on any atom is 0.243 e. The fraction of sp³-hybridized carbons (Fsp3) is 0.318. The Kier molecular flexibility index (Phi) is 8.28. The number of sulfonamides is 1. The average Bonchev–Trinajstić information content (AvgIpc) is 3.46. The number of nitrogens with zero attached hydrogens (tertiary/aromatic N) is 3. The summed E-state index contributed by atoms with van der Waals surface area (Å²) in [6.45, 7) is 1.18. The lowest BCUT2D eigenvalue weighted by molar-refractivity contribution is 0.404. The SMILES string of the molecule is Br.COc1cc(N=c2scc(-c3ccc(S(=O)(=O)N4CCCC4)cc3)n2C)c(OC)cc1Cl. The number of ether oxygens (including phenoxy) is 2. The molecule has 1 fully saturated rings. The zero-order valence-corrected chi connectivity index (χ0v) is 22.5. The first-order valence-electron chi connectivity index (χ1n) is 10.1. The molecule has 0 atom stereocenters. The van der Waals surface area contributed by atoms with Crippen LogP contribution < -0.4 is 14.3 Å². The van der Waals surface area contributed by atoms with Crippen LogP contribution in [0, 0.1) is 0 Å². The van der Waals surface area contributed by atoms with Crippen molar-refractivity contribution in [2.75, 3.05) is 27.3 Å². The van der Waals surface area contributed by atoms with Crippen LogP contribution in [0.4, 0.5) is 5.69 Å². The molecule has 0 aliphatic carbocycles. The molecular formula is C22H25BrClN3O4S2. The molecular weight excluding hydrogens is 550 g/mol. The highest BCUT2D eigenvalue weighted by Crippen LogP contribution is 2.37. The molecule has 0 radical (unpaired) electrons. The molecule has 2 heterocycles. The Morgan fingerprint density at radius 2 is 1.67 bits per heavy atom. The molecule has 33 heavy (non-hydrogen) atoms. The van der Waals surface area contributed by atoms with Gasteiger partial charge < -0.3 is 14.0 Å². The van der Waals surface area contributed by atoms with E-state index in [2.05, 4.69) is 0 Å². The van der Waals surface area contributed by atoms with Crippen LogP contribution in [0.1, 0.15) is 12.8 Å². The van der Waals surface area contributed by atoms with Crippen LogP contribution in [-0.2, 0) is 17.1 Å². The van der Waals surface area contributed by atoms with Crippen LogP contribution in [-0.4, -0.2) is 44.6 Å². The summed E-state index contributed by atoms with van der Waals surface area (Å²) in [5.74, 6) is 1.06. The van der Waals surface area contributed by atoms with Crippen molar-refractivity contribution >= 4 is 55.6 Å². The highest BCUT2D eigenvalue weighted by molar-refractivity contribution is 8.93. The summed E-state index contributed by atoms with van der Waals surface area (Å²) in [5, 5.41) is 2.44. The fourth-order valence-corrected chi connectivity index (χ4v) is 6.31. The van der Waals surface area contributed by atoms with E-state index in [1.165, 1.54) is 11.3 Å². The van der Waals surface area contributed by atoms with E-state index in [-0.39, 0.29) is 17.0 Å². The van der Waals surface area contributed by atoms with Gasteiger partial charge in [0.15, 0.2) is 4.80 Å². The standard InChI is InChI=1S/C22H24ClN3O4S2.BrH/c1-25-19(15-6-8-16(9-7-15)32(27,28)26-10-4-5-11-26)14-31-22(25)24-18-13-20(29-2)17(23)12-21(18)30-3;/h6-9,12-14H,4-5,10-11H2,1-3H3;1H. The van der Waals surface area contributed by atoms with Gasteiger partial charge in [-0.1, -0.05) is 23.7 Å². The van der Waals surface area contributed by atoms with Crippen molar-refractivity contribution in [1.29, 1.82) is 0 Å². The number of hydrogen-bond acceptors (Lipinski definition) is 6.